The monoisotopic (exact) mass is 359 g/mol. The molecule has 1 aromatic heterocycles. The van der Waals surface area contributed by atoms with Gasteiger partial charge in [-0.25, -0.2) is 0 Å². The summed E-state index contributed by atoms with van der Waals surface area (Å²) in [5.74, 6) is -0.491. The molecular formula is C15H16ClF2N3O3. The van der Waals surface area contributed by atoms with Crippen molar-refractivity contribution in [2.24, 2.45) is 7.05 Å². The molecule has 1 N–H and O–H groups in total. The minimum atomic E-state index is -2.97. The summed E-state index contributed by atoms with van der Waals surface area (Å²) in [5.41, 5.74) is 1.07. The number of hydrogen-bond acceptors (Lipinski definition) is 4. The van der Waals surface area contributed by atoms with Gasteiger partial charge in [-0.2, -0.15) is 13.9 Å². The highest BCUT2D eigenvalue weighted by Gasteiger charge is 2.19. The maximum absolute atomic E-state index is 12.4. The number of hydrogen-bond donors (Lipinski definition) is 1. The van der Waals surface area contributed by atoms with E-state index in [1.54, 1.807) is 20.9 Å². The fourth-order valence-electron chi connectivity index (χ4n) is 2.12. The average Bonchev–Trinajstić information content (AvgIpc) is 2.74. The van der Waals surface area contributed by atoms with Crippen LogP contribution in [0.3, 0.4) is 0 Å². The van der Waals surface area contributed by atoms with E-state index in [0.29, 0.717) is 11.4 Å². The van der Waals surface area contributed by atoms with Gasteiger partial charge in [-0.15, -0.1) is 0 Å². The predicted octanol–water partition coefficient (Wildman–Crippen LogP) is 3.63. The Bertz CT molecular complexity index is 750. The van der Waals surface area contributed by atoms with E-state index >= 15 is 0 Å². The van der Waals surface area contributed by atoms with E-state index in [9.17, 15) is 13.6 Å². The zero-order valence-corrected chi connectivity index (χ0v) is 14.0. The van der Waals surface area contributed by atoms with Crippen LogP contribution in [0.2, 0.25) is 5.02 Å². The van der Waals surface area contributed by atoms with Crippen LogP contribution in [0.4, 0.5) is 14.5 Å². The van der Waals surface area contributed by atoms with Crippen molar-refractivity contribution >= 4 is 23.2 Å². The number of halogens is 3. The summed E-state index contributed by atoms with van der Waals surface area (Å²) in [6.45, 7) is 0.670. The summed E-state index contributed by atoms with van der Waals surface area (Å²) in [5, 5.41) is 6.94. The quantitative estimate of drug-likeness (QED) is 0.855. The van der Waals surface area contributed by atoms with Gasteiger partial charge in [0.1, 0.15) is 5.69 Å². The number of ether oxygens (including phenoxy) is 2. The molecule has 0 aliphatic heterocycles. The third-order valence-electron chi connectivity index (χ3n) is 3.08. The largest absolute Gasteiger partial charge is 0.490 e. The maximum atomic E-state index is 12.4. The Kier molecular flexibility index (Phi) is 5.61. The number of carbonyl (C=O) groups excluding carboxylic acids is 1. The second kappa shape index (κ2) is 7.48. The second-order valence-corrected chi connectivity index (χ2v) is 5.18. The van der Waals surface area contributed by atoms with E-state index in [1.807, 2.05) is 0 Å². The number of rotatable bonds is 6. The van der Waals surface area contributed by atoms with Crippen LogP contribution in [-0.4, -0.2) is 28.9 Å². The summed E-state index contributed by atoms with van der Waals surface area (Å²) in [7, 11) is 1.60. The van der Waals surface area contributed by atoms with Gasteiger partial charge < -0.3 is 14.8 Å². The van der Waals surface area contributed by atoms with Crippen LogP contribution in [0, 0.1) is 6.92 Å². The molecule has 0 saturated carbocycles. The van der Waals surface area contributed by atoms with E-state index in [1.165, 1.54) is 22.9 Å². The SMILES string of the molecule is CCOc1cc(NC(=O)c2c(Cl)c(C)nn2C)ccc1OC(F)F. The molecule has 0 spiro atoms. The summed E-state index contributed by atoms with van der Waals surface area (Å²) >= 11 is 6.07. The van der Waals surface area contributed by atoms with Gasteiger partial charge in [0.15, 0.2) is 11.5 Å². The van der Waals surface area contributed by atoms with Crippen molar-refractivity contribution in [1.29, 1.82) is 0 Å². The molecule has 0 aliphatic rings. The van der Waals surface area contributed by atoms with Crippen LogP contribution in [-0.2, 0) is 7.05 Å². The number of alkyl halides is 2. The lowest BCUT2D eigenvalue weighted by atomic mass is 10.2. The van der Waals surface area contributed by atoms with E-state index < -0.39 is 12.5 Å². The van der Waals surface area contributed by atoms with Crippen LogP contribution in [0.1, 0.15) is 23.1 Å². The van der Waals surface area contributed by atoms with Crippen molar-refractivity contribution in [3.8, 4) is 11.5 Å². The minimum Gasteiger partial charge on any atom is -0.490 e. The first kappa shape index (κ1) is 18.0. The van der Waals surface area contributed by atoms with Gasteiger partial charge in [0.2, 0.25) is 0 Å². The van der Waals surface area contributed by atoms with Crippen LogP contribution in [0.25, 0.3) is 0 Å². The highest BCUT2D eigenvalue weighted by atomic mass is 35.5. The molecule has 0 atom stereocenters. The van der Waals surface area contributed by atoms with Gasteiger partial charge in [0.05, 0.1) is 17.3 Å². The van der Waals surface area contributed by atoms with Crippen LogP contribution in [0.5, 0.6) is 11.5 Å². The minimum absolute atomic E-state index is 0.0999. The van der Waals surface area contributed by atoms with Crippen molar-refractivity contribution in [1.82, 2.24) is 9.78 Å². The Morgan fingerprint density at radius 2 is 2.12 bits per heavy atom. The third kappa shape index (κ3) is 3.94. The topological polar surface area (TPSA) is 65.4 Å². The summed E-state index contributed by atoms with van der Waals surface area (Å²) in [4.78, 5) is 12.4. The van der Waals surface area contributed by atoms with Gasteiger partial charge in [-0.3, -0.25) is 9.48 Å². The fraction of sp³-hybridized carbons (Fsp3) is 0.333. The molecule has 1 heterocycles. The predicted molar refractivity (Wildman–Crippen MR) is 85.2 cm³/mol. The van der Waals surface area contributed by atoms with Gasteiger partial charge in [0, 0.05) is 18.8 Å². The second-order valence-electron chi connectivity index (χ2n) is 4.80. The zero-order valence-electron chi connectivity index (χ0n) is 13.3. The van der Waals surface area contributed by atoms with Crippen molar-refractivity contribution in [2.75, 3.05) is 11.9 Å². The molecule has 0 radical (unpaired) electrons. The van der Waals surface area contributed by atoms with Gasteiger partial charge in [-0.05, 0) is 26.0 Å². The Labute approximate surface area is 142 Å². The normalized spacial score (nSPS) is 10.8. The van der Waals surface area contributed by atoms with Crippen LogP contribution in [0.15, 0.2) is 18.2 Å². The number of amides is 1. The molecule has 0 aliphatic carbocycles. The number of aromatic nitrogens is 2. The summed E-state index contributed by atoms with van der Waals surface area (Å²) in [6.07, 6.45) is 0. The smallest absolute Gasteiger partial charge is 0.387 e. The number of nitrogens with zero attached hydrogens (tertiary/aromatic N) is 2. The Hall–Kier alpha value is -2.35. The molecule has 0 saturated heterocycles. The van der Waals surface area contributed by atoms with E-state index in [4.69, 9.17) is 16.3 Å². The van der Waals surface area contributed by atoms with Gasteiger partial charge >= 0.3 is 6.61 Å². The van der Waals surface area contributed by atoms with E-state index in [2.05, 4.69) is 15.2 Å². The molecule has 1 amide bonds. The summed E-state index contributed by atoms with van der Waals surface area (Å²) in [6, 6.07) is 4.12. The molecule has 0 fully saturated rings. The lowest BCUT2D eigenvalue weighted by molar-refractivity contribution is -0.0514. The molecule has 2 aromatic rings. The lowest BCUT2D eigenvalue weighted by Crippen LogP contribution is -2.16. The Morgan fingerprint density at radius 3 is 2.67 bits per heavy atom. The molecular weight excluding hydrogens is 344 g/mol. The van der Waals surface area contributed by atoms with Gasteiger partial charge in [-0.1, -0.05) is 11.6 Å². The average molecular weight is 360 g/mol. The molecule has 9 heteroatoms. The number of benzene rings is 1. The molecule has 1 aromatic carbocycles. The maximum Gasteiger partial charge on any atom is 0.387 e. The van der Waals surface area contributed by atoms with Crippen molar-refractivity contribution < 1.29 is 23.0 Å². The zero-order chi connectivity index (χ0) is 17.9. The van der Waals surface area contributed by atoms with Crippen molar-refractivity contribution in [2.45, 2.75) is 20.5 Å². The Balaban J connectivity index is 2.26. The molecule has 0 bridgehead atoms. The first-order valence-electron chi connectivity index (χ1n) is 7.05. The first-order valence-corrected chi connectivity index (χ1v) is 7.43. The van der Waals surface area contributed by atoms with Crippen LogP contribution >= 0.6 is 11.6 Å². The third-order valence-corrected chi connectivity index (χ3v) is 3.53. The van der Waals surface area contributed by atoms with Crippen LogP contribution < -0.4 is 14.8 Å². The van der Waals surface area contributed by atoms with Crippen molar-refractivity contribution in [3.05, 3.63) is 34.6 Å². The molecule has 130 valence electrons. The summed E-state index contributed by atoms with van der Waals surface area (Å²) < 4.78 is 35.8. The molecule has 0 unspecified atom stereocenters. The van der Waals surface area contributed by atoms with E-state index in [-0.39, 0.29) is 28.8 Å². The van der Waals surface area contributed by atoms with E-state index in [0.717, 1.165) is 0 Å². The molecule has 24 heavy (non-hydrogen) atoms. The molecule has 2 rings (SSSR count). The molecule has 6 nitrogen and oxygen atoms in total. The first-order chi connectivity index (χ1) is 11.3. The number of aryl methyl sites for hydroxylation is 2. The van der Waals surface area contributed by atoms with Gasteiger partial charge in [0.25, 0.3) is 5.91 Å². The highest BCUT2D eigenvalue weighted by Crippen LogP contribution is 2.32. The number of carbonyl (C=O) groups is 1. The standard InChI is InChI=1S/C15H16ClF2N3O3/c1-4-23-11-7-9(5-6-10(11)24-15(17)18)19-14(22)13-12(16)8(2)20-21(13)3/h5-7,15H,4H2,1-3H3,(H,19,22). The lowest BCUT2D eigenvalue weighted by Gasteiger charge is -2.13. The number of nitrogens with one attached hydrogen (secondary N) is 1. The highest BCUT2D eigenvalue weighted by molar-refractivity contribution is 6.34. The number of anilines is 1. The van der Waals surface area contributed by atoms with Crippen molar-refractivity contribution in [3.63, 3.8) is 0 Å². The Morgan fingerprint density at radius 1 is 1.42 bits per heavy atom. The fourth-order valence-corrected chi connectivity index (χ4v) is 2.36.